The van der Waals surface area contributed by atoms with Crippen molar-refractivity contribution in [3.63, 3.8) is 0 Å². The third kappa shape index (κ3) is 7.12. The van der Waals surface area contributed by atoms with Gasteiger partial charge >= 0.3 is 0 Å². The lowest BCUT2D eigenvalue weighted by Gasteiger charge is -2.36. The van der Waals surface area contributed by atoms with Gasteiger partial charge in [-0.3, -0.25) is 14.4 Å². The molecule has 1 fully saturated rings. The number of amides is 3. The molecule has 3 rings (SSSR count). The number of pyridine rings is 1. The van der Waals surface area contributed by atoms with Gasteiger partial charge in [-0.2, -0.15) is 0 Å². The molecule has 0 radical (unpaired) electrons. The van der Waals surface area contributed by atoms with Crippen molar-refractivity contribution in [2.45, 2.75) is 57.5 Å². The van der Waals surface area contributed by atoms with Gasteiger partial charge in [0.15, 0.2) is 0 Å². The lowest BCUT2D eigenvalue weighted by atomic mass is 9.99. The summed E-state index contributed by atoms with van der Waals surface area (Å²) in [6.45, 7) is 2.73. The molecule has 1 saturated carbocycles. The van der Waals surface area contributed by atoms with E-state index in [0.29, 0.717) is 19.0 Å². The Kier molecular flexibility index (Phi) is 9.58. The van der Waals surface area contributed by atoms with E-state index < -0.39 is 6.04 Å². The molecule has 1 heterocycles. The van der Waals surface area contributed by atoms with Crippen molar-refractivity contribution in [3.8, 4) is 0 Å². The average Bonchev–Trinajstić information content (AvgIpc) is 3.37. The van der Waals surface area contributed by atoms with Crippen LogP contribution in [0.1, 0.15) is 55.7 Å². The van der Waals surface area contributed by atoms with Crippen LogP contribution >= 0.6 is 0 Å². The molecule has 1 aromatic heterocycles. The minimum atomic E-state index is -0.757. The molecule has 0 spiro atoms. The molecule has 2 aromatic rings. The molecule has 1 aromatic carbocycles. The SMILES string of the molecule is COCCNC(=O)C(c1ccc(C)cc1)N(C(=O)CCC(=O)Nc1ccccn1)C1CCCC1. The first-order chi connectivity index (χ1) is 16.5. The number of aromatic nitrogens is 1. The number of benzene rings is 1. The fraction of sp³-hybridized carbons (Fsp3) is 0.462. The van der Waals surface area contributed by atoms with Crippen LogP contribution in [-0.2, 0) is 19.1 Å². The maximum absolute atomic E-state index is 13.5. The zero-order chi connectivity index (χ0) is 24.3. The summed E-state index contributed by atoms with van der Waals surface area (Å²) in [6.07, 6.45) is 5.35. The first-order valence-electron chi connectivity index (χ1n) is 11.8. The molecule has 2 N–H and O–H groups in total. The van der Waals surface area contributed by atoms with Crippen LogP contribution < -0.4 is 10.6 Å². The highest BCUT2D eigenvalue weighted by molar-refractivity contribution is 5.94. The summed E-state index contributed by atoms with van der Waals surface area (Å²) in [6, 6.07) is 12.1. The van der Waals surface area contributed by atoms with Gasteiger partial charge in [-0.05, 0) is 37.5 Å². The number of hydrogen-bond donors (Lipinski definition) is 2. The van der Waals surface area contributed by atoms with Gasteiger partial charge in [0.2, 0.25) is 17.7 Å². The number of aryl methyl sites for hydroxylation is 1. The quantitative estimate of drug-likeness (QED) is 0.495. The summed E-state index contributed by atoms with van der Waals surface area (Å²) < 4.78 is 5.07. The highest BCUT2D eigenvalue weighted by atomic mass is 16.5. The van der Waals surface area contributed by atoms with E-state index >= 15 is 0 Å². The number of anilines is 1. The minimum Gasteiger partial charge on any atom is -0.383 e. The smallest absolute Gasteiger partial charge is 0.247 e. The molecule has 1 atom stereocenters. The first-order valence-corrected chi connectivity index (χ1v) is 11.8. The Labute approximate surface area is 201 Å². The van der Waals surface area contributed by atoms with E-state index in [4.69, 9.17) is 4.74 Å². The normalized spacial score (nSPS) is 14.4. The molecule has 0 aliphatic heterocycles. The summed E-state index contributed by atoms with van der Waals surface area (Å²) in [5.41, 5.74) is 1.84. The fourth-order valence-corrected chi connectivity index (χ4v) is 4.29. The highest BCUT2D eigenvalue weighted by Gasteiger charge is 2.37. The molecule has 182 valence electrons. The number of carbonyl (C=O) groups excluding carboxylic acids is 3. The fourth-order valence-electron chi connectivity index (χ4n) is 4.29. The van der Waals surface area contributed by atoms with E-state index in [1.807, 2.05) is 31.2 Å². The van der Waals surface area contributed by atoms with Crippen LogP contribution in [0.25, 0.3) is 0 Å². The summed E-state index contributed by atoms with van der Waals surface area (Å²) in [4.78, 5) is 45.1. The monoisotopic (exact) mass is 466 g/mol. The number of ether oxygens (including phenoxy) is 1. The van der Waals surface area contributed by atoms with Gasteiger partial charge in [-0.25, -0.2) is 4.98 Å². The van der Waals surface area contributed by atoms with Gasteiger partial charge in [0.05, 0.1) is 6.61 Å². The zero-order valence-electron chi connectivity index (χ0n) is 20.0. The van der Waals surface area contributed by atoms with E-state index in [2.05, 4.69) is 15.6 Å². The summed E-state index contributed by atoms with van der Waals surface area (Å²) in [5, 5.41) is 5.62. The van der Waals surface area contributed by atoms with Crippen LogP contribution in [0.15, 0.2) is 48.7 Å². The Bertz CT molecular complexity index is 943. The van der Waals surface area contributed by atoms with Crippen molar-refractivity contribution in [3.05, 3.63) is 59.8 Å². The van der Waals surface area contributed by atoms with Crippen LogP contribution in [0.2, 0.25) is 0 Å². The van der Waals surface area contributed by atoms with Crippen LogP contribution in [0.4, 0.5) is 5.82 Å². The molecule has 0 saturated heterocycles. The van der Waals surface area contributed by atoms with Crippen LogP contribution in [-0.4, -0.2) is 53.9 Å². The number of nitrogens with one attached hydrogen (secondary N) is 2. The number of carbonyl (C=O) groups is 3. The van der Waals surface area contributed by atoms with Gasteiger partial charge in [0.1, 0.15) is 11.9 Å². The molecule has 0 bridgehead atoms. The van der Waals surface area contributed by atoms with Crippen molar-refractivity contribution in [2.24, 2.45) is 0 Å². The van der Waals surface area contributed by atoms with Gasteiger partial charge in [-0.15, -0.1) is 0 Å². The predicted octanol–water partition coefficient (Wildman–Crippen LogP) is 3.38. The van der Waals surface area contributed by atoms with Crippen molar-refractivity contribution in [2.75, 3.05) is 25.6 Å². The molecule has 8 nitrogen and oxygen atoms in total. The van der Waals surface area contributed by atoms with Crippen LogP contribution in [0, 0.1) is 6.92 Å². The summed E-state index contributed by atoms with van der Waals surface area (Å²) in [5.74, 6) is -0.271. The Morgan fingerprint density at radius 2 is 1.82 bits per heavy atom. The highest BCUT2D eigenvalue weighted by Crippen LogP contribution is 2.32. The Hall–Kier alpha value is -3.26. The standard InChI is InChI=1S/C26H34N4O4/c1-19-10-12-20(13-11-19)25(26(33)28-17-18-34-2)30(21-7-3-4-8-21)24(32)15-14-23(31)29-22-9-5-6-16-27-22/h5-6,9-13,16,21,25H,3-4,7-8,14-15,17-18H2,1-2H3,(H,28,33)(H,27,29,31). The molecule has 3 amide bonds. The molecule has 1 aliphatic rings. The molecule has 1 aliphatic carbocycles. The maximum Gasteiger partial charge on any atom is 0.247 e. The third-order valence-electron chi connectivity index (χ3n) is 6.03. The molecular formula is C26H34N4O4. The number of nitrogens with zero attached hydrogens (tertiary/aromatic N) is 2. The predicted molar refractivity (Wildman–Crippen MR) is 130 cm³/mol. The lowest BCUT2D eigenvalue weighted by molar-refractivity contribution is -0.144. The number of hydrogen-bond acceptors (Lipinski definition) is 5. The van der Waals surface area contributed by atoms with Crippen LogP contribution in [0.5, 0.6) is 0 Å². The van der Waals surface area contributed by atoms with Gasteiger partial charge in [0.25, 0.3) is 0 Å². The second-order valence-corrected chi connectivity index (χ2v) is 8.60. The van der Waals surface area contributed by atoms with Crippen molar-refractivity contribution in [1.29, 1.82) is 0 Å². The van der Waals surface area contributed by atoms with Crippen molar-refractivity contribution < 1.29 is 19.1 Å². The van der Waals surface area contributed by atoms with E-state index in [1.54, 1.807) is 36.4 Å². The van der Waals surface area contributed by atoms with E-state index in [1.165, 1.54) is 0 Å². The molecular weight excluding hydrogens is 432 g/mol. The first kappa shape index (κ1) is 25.4. The topological polar surface area (TPSA) is 101 Å². The van der Waals surface area contributed by atoms with Crippen molar-refractivity contribution in [1.82, 2.24) is 15.2 Å². The van der Waals surface area contributed by atoms with Gasteiger partial charge < -0.3 is 20.3 Å². The second-order valence-electron chi connectivity index (χ2n) is 8.60. The molecule has 34 heavy (non-hydrogen) atoms. The van der Waals surface area contributed by atoms with E-state index in [0.717, 1.165) is 36.8 Å². The Morgan fingerprint density at radius 3 is 2.47 bits per heavy atom. The van der Waals surface area contributed by atoms with E-state index in [-0.39, 0.29) is 36.6 Å². The lowest BCUT2D eigenvalue weighted by Crippen LogP contribution is -2.48. The molecule has 8 heteroatoms. The van der Waals surface area contributed by atoms with Crippen molar-refractivity contribution >= 4 is 23.5 Å². The maximum atomic E-state index is 13.5. The summed E-state index contributed by atoms with van der Waals surface area (Å²) >= 11 is 0. The minimum absolute atomic E-state index is 0.0167. The average molecular weight is 467 g/mol. The number of methoxy groups -OCH3 is 1. The van der Waals surface area contributed by atoms with E-state index in [9.17, 15) is 14.4 Å². The molecule has 1 unspecified atom stereocenters. The third-order valence-corrected chi connectivity index (χ3v) is 6.03. The zero-order valence-corrected chi connectivity index (χ0v) is 20.0. The Morgan fingerprint density at radius 1 is 1.09 bits per heavy atom. The van der Waals surface area contributed by atoms with Gasteiger partial charge in [-0.1, -0.05) is 48.7 Å². The summed E-state index contributed by atoms with van der Waals surface area (Å²) in [7, 11) is 1.58. The number of rotatable bonds is 11. The second kappa shape index (κ2) is 12.8. The van der Waals surface area contributed by atoms with Gasteiger partial charge in [0, 0.05) is 38.7 Å². The van der Waals surface area contributed by atoms with Crippen LogP contribution in [0.3, 0.4) is 0 Å². The largest absolute Gasteiger partial charge is 0.383 e. The Balaban J connectivity index is 1.79.